The number of benzene rings is 1. The number of carbonyl (C=O) groups excluding carboxylic acids is 1. The molecule has 0 radical (unpaired) electrons. The molecule has 0 bridgehead atoms. The molecule has 10 nitrogen and oxygen atoms in total. The topological polar surface area (TPSA) is 121 Å². The highest BCUT2D eigenvalue weighted by Crippen LogP contribution is 2.23. The molecule has 0 unspecified atom stereocenters. The van der Waals surface area contributed by atoms with E-state index >= 15 is 0 Å². The van der Waals surface area contributed by atoms with Crippen LogP contribution in [0.2, 0.25) is 0 Å². The van der Waals surface area contributed by atoms with Crippen LogP contribution in [-0.2, 0) is 7.05 Å². The Bertz CT molecular complexity index is 870. The van der Waals surface area contributed by atoms with Crippen molar-refractivity contribution in [2.24, 2.45) is 7.05 Å². The fourth-order valence-electron chi connectivity index (χ4n) is 2.01. The van der Waals surface area contributed by atoms with Crippen LogP contribution in [0.1, 0.15) is 10.4 Å². The summed E-state index contributed by atoms with van der Waals surface area (Å²) in [5, 5.41) is 21.7. The summed E-state index contributed by atoms with van der Waals surface area (Å²) in [7, 11) is 1.72. The number of nitrogens with zero attached hydrogens (tertiary/aromatic N) is 6. The molecule has 0 spiro atoms. The number of hydrogen-bond donors (Lipinski definition) is 1. The third-order valence-corrected chi connectivity index (χ3v) is 3.06. The Morgan fingerprint density at radius 3 is 2.78 bits per heavy atom. The van der Waals surface area contributed by atoms with Gasteiger partial charge in [-0.2, -0.15) is 10.2 Å². The maximum Gasteiger partial charge on any atom is 0.295 e. The zero-order chi connectivity index (χ0) is 16.4. The zero-order valence-corrected chi connectivity index (χ0v) is 11.9. The van der Waals surface area contributed by atoms with E-state index in [4.69, 9.17) is 0 Å². The molecule has 0 atom stereocenters. The summed E-state index contributed by atoms with van der Waals surface area (Å²) in [6.07, 6.45) is 4.28. The highest BCUT2D eigenvalue weighted by molar-refractivity contribution is 6.04. The van der Waals surface area contributed by atoms with Crippen LogP contribution in [0.25, 0.3) is 5.69 Å². The molecule has 1 N–H and O–H groups in total. The summed E-state index contributed by atoms with van der Waals surface area (Å²) in [4.78, 5) is 26.6. The molecule has 0 aliphatic carbocycles. The summed E-state index contributed by atoms with van der Waals surface area (Å²) >= 11 is 0. The van der Waals surface area contributed by atoms with Crippen LogP contribution in [0.15, 0.2) is 43.1 Å². The molecule has 23 heavy (non-hydrogen) atoms. The number of anilines is 1. The molecule has 0 fully saturated rings. The van der Waals surface area contributed by atoms with Crippen LogP contribution in [0.4, 0.5) is 11.5 Å². The van der Waals surface area contributed by atoms with Crippen LogP contribution < -0.4 is 5.32 Å². The van der Waals surface area contributed by atoms with Crippen molar-refractivity contribution in [1.29, 1.82) is 0 Å². The number of hydrogen-bond acceptors (Lipinski definition) is 6. The van der Waals surface area contributed by atoms with Gasteiger partial charge in [-0.25, -0.2) is 9.67 Å². The number of nitro groups is 1. The molecule has 0 aliphatic rings. The maximum atomic E-state index is 12.2. The predicted molar refractivity (Wildman–Crippen MR) is 79.2 cm³/mol. The van der Waals surface area contributed by atoms with Crippen molar-refractivity contribution in [3.8, 4) is 5.69 Å². The summed E-state index contributed by atoms with van der Waals surface area (Å²) < 4.78 is 2.80. The molecule has 2 heterocycles. The lowest BCUT2D eigenvalue weighted by Gasteiger charge is -2.05. The Labute approximate surface area is 129 Å². The standard InChI is InChI=1S/C13H11N7O3/c1-18-5-4-12(17-18)16-13(21)9-2-3-10(11(6-9)20(22)23)19-8-14-7-15-19/h2-8H,1H3,(H,16,17,21). The van der Waals surface area contributed by atoms with Gasteiger partial charge in [-0.15, -0.1) is 0 Å². The maximum absolute atomic E-state index is 12.2. The van der Waals surface area contributed by atoms with Crippen molar-refractivity contribution in [3.05, 3.63) is 58.8 Å². The minimum atomic E-state index is -0.575. The smallest absolute Gasteiger partial charge is 0.295 e. The van der Waals surface area contributed by atoms with E-state index in [0.717, 1.165) is 0 Å². The highest BCUT2D eigenvalue weighted by atomic mass is 16.6. The average molecular weight is 313 g/mol. The van der Waals surface area contributed by atoms with E-state index in [9.17, 15) is 14.9 Å². The number of nitro benzene ring substituents is 1. The average Bonchev–Trinajstić information content (AvgIpc) is 3.18. The summed E-state index contributed by atoms with van der Waals surface area (Å²) in [5.41, 5.74) is 0.122. The zero-order valence-electron chi connectivity index (χ0n) is 11.9. The predicted octanol–water partition coefficient (Wildman–Crippen LogP) is 1.16. The van der Waals surface area contributed by atoms with Crippen molar-refractivity contribution >= 4 is 17.4 Å². The SMILES string of the molecule is Cn1ccc(NC(=O)c2ccc(-n3cncn3)c([N+](=O)[O-])c2)n1. The van der Waals surface area contributed by atoms with E-state index in [2.05, 4.69) is 20.5 Å². The number of aromatic nitrogens is 5. The van der Waals surface area contributed by atoms with Crippen molar-refractivity contribution in [2.75, 3.05) is 5.32 Å². The van der Waals surface area contributed by atoms with Crippen LogP contribution in [0.3, 0.4) is 0 Å². The molecule has 3 aromatic rings. The molecule has 1 amide bonds. The second kappa shape index (κ2) is 5.67. The molecular weight excluding hydrogens is 302 g/mol. The van der Waals surface area contributed by atoms with E-state index in [1.165, 1.54) is 40.2 Å². The normalized spacial score (nSPS) is 10.5. The first kappa shape index (κ1) is 14.4. The lowest BCUT2D eigenvalue weighted by molar-refractivity contribution is -0.384. The molecule has 1 aromatic carbocycles. The minimum Gasteiger partial charge on any atom is -0.305 e. The van der Waals surface area contributed by atoms with E-state index in [1.807, 2.05) is 0 Å². The van der Waals surface area contributed by atoms with Gasteiger partial charge in [0.25, 0.3) is 11.6 Å². The molecule has 3 rings (SSSR count). The second-order valence-electron chi connectivity index (χ2n) is 4.63. The van der Waals surface area contributed by atoms with Crippen LogP contribution in [0, 0.1) is 10.1 Å². The van der Waals surface area contributed by atoms with E-state index in [1.54, 1.807) is 19.3 Å². The number of nitrogens with one attached hydrogen (secondary N) is 1. The Morgan fingerprint density at radius 1 is 1.35 bits per heavy atom. The Morgan fingerprint density at radius 2 is 2.17 bits per heavy atom. The minimum absolute atomic E-state index is 0.145. The van der Waals surface area contributed by atoms with Crippen molar-refractivity contribution in [2.45, 2.75) is 0 Å². The third-order valence-electron chi connectivity index (χ3n) is 3.06. The van der Waals surface area contributed by atoms with Crippen LogP contribution in [0.5, 0.6) is 0 Å². The number of carbonyl (C=O) groups is 1. The van der Waals surface area contributed by atoms with E-state index in [-0.39, 0.29) is 16.9 Å². The fraction of sp³-hybridized carbons (Fsp3) is 0.0769. The van der Waals surface area contributed by atoms with E-state index < -0.39 is 10.8 Å². The van der Waals surface area contributed by atoms with Gasteiger partial charge in [0.2, 0.25) is 0 Å². The Kier molecular flexibility index (Phi) is 3.55. The largest absolute Gasteiger partial charge is 0.305 e. The fourth-order valence-corrected chi connectivity index (χ4v) is 2.01. The summed E-state index contributed by atoms with van der Waals surface area (Å²) in [6.45, 7) is 0. The van der Waals surface area contributed by atoms with Crippen LogP contribution in [-0.4, -0.2) is 35.4 Å². The number of amides is 1. The van der Waals surface area contributed by atoms with Crippen LogP contribution >= 0.6 is 0 Å². The van der Waals surface area contributed by atoms with Crippen molar-refractivity contribution < 1.29 is 9.72 Å². The number of aryl methyl sites for hydroxylation is 1. The van der Waals surface area contributed by atoms with Gasteiger partial charge in [0.05, 0.1) is 4.92 Å². The highest BCUT2D eigenvalue weighted by Gasteiger charge is 2.19. The second-order valence-corrected chi connectivity index (χ2v) is 4.63. The van der Waals surface area contributed by atoms with Gasteiger partial charge >= 0.3 is 0 Å². The van der Waals surface area contributed by atoms with Gasteiger partial charge in [-0.05, 0) is 12.1 Å². The molecule has 10 heteroatoms. The molecule has 2 aromatic heterocycles. The van der Waals surface area contributed by atoms with Gasteiger partial charge in [0.15, 0.2) is 5.82 Å². The van der Waals surface area contributed by atoms with Gasteiger partial charge in [-0.3, -0.25) is 19.6 Å². The van der Waals surface area contributed by atoms with Gasteiger partial charge in [-0.1, -0.05) is 0 Å². The third kappa shape index (κ3) is 2.90. The van der Waals surface area contributed by atoms with Crippen molar-refractivity contribution in [3.63, 3.8) is 0 Å². The first-order chi connectivity index (χ1) is 11.0. The first-order valence-electron chi connectivity index (χ1n) is 6.49. The molecular formula is C13H11N7O3. The number of rotatable bonds is 4. The van der Waals surface area contributed by atoms with Gasteiger partial charge < -0.3 is 5.32 Å². The van der Waals surface area contributed by atoms with Gasteiger partial charge in [0, 0.05) is 30.9 Å². The van der Waals surface area contributed by atoms with E-state index in [0.29, 0.717) is 5.82 Å². The summed E-state index contributed by atoms with van der Waals surface area (Å²) in [6, 6.07) is 5.73. The molecule has 116 valence electrons. The Hall–Kier alpha value is -3.56. The molecule has 0 aliphatic heterocycles. The first-order valence-corrected chi connectivity index (χ1v) is 6.49. The molecule has 0 saturated heterocycles. The lowest BCUT2D eigenvalue weighted by Crippen LogP contribution is -2.13. The quantitative estimate of drug-likeness (QED) is 0.570. The summed E-state index contributed by atoms with van der Waals surface area (Å²) in [5.74, 6) is -0.127. The van der Waals surface area contributed by atoms with Crippen molar-refractivity contribution in [1.82, 2.24) is 24.5 Å². The monoisotopic (exact) mass is 313 g/mol. The Balaban J connectivity index is 1.93. The lowest BCUT2D eigenvalue weighted by atomic mass is 10.1. The molecule has 0 saturated carbocycles. The van der Waals surface area contributed by atoms with Gasteiger partial charge in [0.1, 0.15) is 18.3 Å².